The molecule has 2 rings (SSSR count). The molecule has 0 fully saturated rings. The number of fused-ring (bicyclic) bond motifs is 1. The molecule has 0 bridgehead atoms. The minimum atomic E-state index is -2.64. The highest BCUT2D eigenvalue weighted by molar-refractivity contribution is 5.44. The van der Waals surface area contributed by atoms with Crippen molar-refractivity contribution in [3.63, 3.8) is 0 Å². The zero-order chi connectivity index (χ0) is 17.8. The summed E-state index contributed by atoms with van der Waals surface area (Å²) in [5.41, 5.74) is -0.513. The van der Waals surface area contributed by atoms with Gasteiger partial charge in [-0.2, -0.15) is 0 Å². The average molecular weight is 215 g/mol. The first-order chi connectivity index (χ1) is 10.3. The van der Waals surface area contributed by atoms with E-state index >= 15 is 0 Å². The van der Waals surface area contributed by atoms with Crippen LogP contribution in [0.1, 0.15) is 30.4 Å². The fraction of sp³-hybridized carbons (Fsp3) is 0.500. The van der Waals surface area contributed by atoms with Gasteiger partial charge in [-0.05, 0) is 37.4 Å². The van der Waals surface area contributed by atoms with Crippen LogP contribution in [0.15, 0.2) is 18.1 Å². The number of ether oxygens (including phenoxy) is 2. The Morgan fingerprint density at radius 1 is 1.60 bits per heavy atom. The molecule has 0 amide bonds. The van der Waals surface area contributed by atoms with E-state index in [0.29, 0.717) is 0 Å². The Hall–Kier alpha value is -1.22. The van der Waals surface area contributed by atoms with Gasteiger partial charge < -0.3 is 14.8 Å². The van der Waals surface area contributed by atoms with Gasteiger partial charge >= 0.3 is 0 Å². The van der Waals surface area contributed by atoms with Crippen molar-refractivity contribution in [3.8, 4) is 11.5 Å². The van der Waals surface area contributed by atoms with Crippen molar-refractivity contribution in [2.24, 2.45) is 0 Å². The van der Waals surface area contributed by atoms with E-state index in [0.717, 1.165) is 13.8 Å². The molecule has 1 aliphatic heterocycles. The molecular formula is C12H17NO2. The van der Waals surface area contributed by atoms with Crippen molar-refractivity contribution in [2.75, 3.05) is 13.3 Å². The van der Waals surface area contributed by atoms with Gasteiger partial charge in [-0.3, -0.25) is 0 Å². The molecule has 1 atom stereocenters. The summed E-state index contributed by atoms with van der Waals surface area (Å²) < 4.78 is 73.6. The lowest BCUT2D eigenvalue weighted by Gasteiger charge is -2.12. The van der Waals surface area contributed by atoms with Gasteiger partial charge in [0.15, 0.2) is 11.5 Å². The van der Waals surface area contributed by atoms with Gasteiger partial charge in [0.1, 0.15) is 0 Å². The molecule has 1 aliphatic rings. The highest BCUT2D eigenvalue weighted by atomic mass is 16.7. The Bertz CT molecular complexity index is 641. The normalized spacial score (nSPS) is 27.1. The molecule has 0 saturated carbocycles. The van der Waals surface area contributed by atoms with Crippen LogP contribution in [-0.2, 0) is 6.37 Å². The largest absolute Gasteiger partial charge is 0.454 e. The van der Waals surface area contributed by atoms with Crippen LogP contribution in [0, 0.1) is 0 Å². The fourth-order valence-corrected chi connectivity index (χ4v) is 1.20. The summed E-state index contributed by atoms with van der Waals surface area (Å²) in [6.07, 6.45) is -2.64. The Morgan fingerprint density at radius 2 is 2.40 bits per heavy atom. The Morgan fingerprint density at radius 3 is 3.20 bits per heavy atom. The molecule has 1 heterocycles. The van der Waals surface area contributed by atoms with Gasteiger partial charge in [-0.15, -0.1) is 0 Å². The molecule has 0 aliphatic carbocycles. The summed E-state index contributed by atoms with van der Waals surface area (Å²) >= 11 is 0. The lowest BCUT2D eigenvalue weighted by molar-refractivity contribution is 0.174. The molecule has 1 N–H and O–H groups in total. The Kier molecular flexibility index (Phi) is 1.31. The number of hydrogen-bond donors (Lipinski definition) is 1. The minimum absolute atomic E-state index is 0.0926. The van der Waals surface area contributed by atoms with Crippen molar-refractivity contribution >= 4 is 0 Å². The average Bonchev–Trinajstić information content (AvgIpc) is 2.82. The van der Waals surface area contributed by atoms with Crippen LogP contribution in [0.3, 0.4) is 0 Å². The zero-order valence-electron chi connectivity index (χ0n) is 16.5. The first kappa shape index (κ1) is 4.34. The molecule has 0 unspecified atom stereocenters. The third-order valence-electron chi connectivity index (χ3n) is 1.78. The second-order valence-corrected chi connectivity index (χ2v) is 2.94. The predicted octanol–water partition coefficient (Wildman–Crippen LogP) is 1.96. The molecule has 1 aromatic rings. The van der Waals surface area contributed by atoms with Gasteiger partial charge in [-0.25, -0.2) is 0 Å². The van der Waals surface area contributed by atoms with Gasteiger partial charge in [0.25, 0.3) is 0 Å². The quantitative estimate of drug-likeness (QED) is 0.833. The van der Waals surface area contributed by atoms with Gasteiger partial charge in [0.05, 0.1) is 4.11 Å². The number of likely N-dealkylation sites (N-methyl/N-ethyl adjacent to an activating group) is 1. The highest BCUT2D eigenvalue weighted by Gasteiger charge is 2.13. The smallest absolute Gasteiger partial charge is 0.231 e. The minimum Gasteiger partial charge on any atom is -0.454 e. The molecular weight excluding hydrogens is 190 g/mol. The van der Waals surface area contributed by atoms with Gasteiger partial charge in [0.2, 0.25) is 6.79 Å². The van der Waals surface area contributed by atoms with Crippen LogP contribution in [0.2, 0.25) is 0 Å². The topological polar surface area (TPSA) is 30.5 Å². The molecule has 82 valence electrons. The van der Waals surface area contributed by atoms with E-state index < -0.39 is 42.6 Å². The van der Waals surface area contributed by atoms with E-state index in [9.17, 15) is 0 Å². The predicted molar refractivity (Wildman–Crippen MR) is 59.4 cm³/mol. The first-order valence-electron chi connectivity index (χ1n) is 8.49. The SMILES string of the molecule is [2H]c1c([2H])c(C([2H])([2H])[C@]([2H])(C)NC([2H])([2H])C)c([2H])c2c1OCO2. The summed E-state index contributed by atoms with van der Waals surface area (Å²) in [4.78, 5) is 0. The van der Waals surface area contributed by atoms with Gasteiger partial charge in [0, 0.05) is 12.9 Å². The summed E-state index contributed by atoms with van der Waals surface area (Å²) in [5.74, 6) is -0.231. The van der Waals surface area contributed by atoms with Crippen LogP contribution in [-0.4, -0.2) is 19.3 Å². The second-order valence-electron chi connectivity index (χ2n) is 2.94. The van der Waals surface area contributed by atoms with E-state index in [1.807, 2.05) is 0 Å². The van der Waals surface area contributed by atoms with Crippen molar-refractivity contribution in [1.29, 1.82) is 0 Å². The number of benzene rings is 1. The van der Waals surface area contributed by atoms with E-state index in [1.54, 1.807) is 0 Å². The standard InChI is InChI=1S/C12H17NO2/c1-3-13-9(2)6-10-4-5-11-12(7-10)15-8-14-11/h4-5,7,9,13H,3,6,8H2,1-2H3/t9-/m0/s1/i3D2,4D,5D,6D2,7D,9D. The number of nitrogens with one attached hydrogen (secondary N) is 1. The third-order valence-corrected chi connectivity index (χ3v) is 1.78. The summed E-state index contributed by atoms with van der Waals surface area (Å²) in [6.45, 7) is -0.0304. The molecule has 15 heavy (non-hydrogen) atoms. The van der Waals surface area contributed by atoms with E-state index in [2.05, 4.69) is 5.32 Å². The van der Waals surface area contributed by atoms with Crippen LogP contribution in [0.4, 0.5) is 0 Å². The van der Waals surface area contributed by atoms with Gasteiger partial charge in [-0.1, -0.05) is 13.0 Å². The Balaban J connectivity index is 2.63. The van der Waals surface area contributed by atoms with E-state index in [4.69, 9.17) is 20.4 Å². The maximum Gasteiger partial charge on any atom is 0.231 e. The van der Waals surface area contributed by atoms with Crippen molar-refractivity contribution in [2.45, 2.75) is 26.2 Å². The highest BCUT2D eigenvalue weighted by Crippen LogP contribution is 2.32. The molecule has 0 spiro atoms. The lowest BCUT2D eigenvalue weighted by Crippen LogP contribution is -2.27. The third kappa shape index (κ3) is 2.42. The molecule has 3 heteroatoms. The second kappa shape index (κ2) is 4.53. The summed E-state index contributed by atoms with van der Waals surface area (Å²) in [6, 6.07) is -3.68. The van der Waals surface area contributed by atoms with Crippen molar-refractivity contribution < 1.29 is 20.4 Å². The fourth-order valence-electron chi connectivity index (χ4n) is 1.20. The number of hydrogen-bond acceptors (Lipinski definition) is 3. The Labute approximate surface area is 102 Å². The molecule has 0 saturated heterocycles. The van der Waals surface area contributed by atoms with E-state index in [-0.39, 0.29) is 18.3 Å². The van der Waals surface area contributed by atoms with Crippen molar-refractivity contribution in [1.82, 2.24) is 5.32 Å². The zero-order valence-corrected chi connectivity index (χ0v) is 8.52. The maximum absolute atomic E-state index is 8.22. The number of rotatable bonds is 4. The first-order valence-corrected chi connectivity index (χ1v) is 4.49. The lowest BCUT2D eigenvalue weighted by atomic mass is 10.1. The molecule has 0 radical (unpaired) electrons. The maximum atomic E-state index is 8.22. The van der Waals surface area contributed by atoms with Crippen LogP contribution in [0.5, 0.6) is 11.5 Å². The molecule has 3 nitrogen and oxygen atoms in total. The van der Waals surface area contributed by atoms with Crippen LogP contribution in [0.25, 0.3) is 0 Å². The van der Waals surface area contributed by atoms with Crippen LogP contribution < -0.4 is 14.8 Å². The molecule has 0 aromatic heterocycles. The van der Waals surface area contributed by atoms with E-state index in [1.165, 1.54) is 0 Å². The molecule has 1 aromatic carbocycles. The monoisotopic (exact) mass is 215 g/mol. The summed E-state index contributed by atoms with van der Waals surface area (Å²) in [5, 5.41) is 2.20. The van der Waals surface area contributed by atoms with Crippen LogP contribution >= 0.6 is 0 Å². The van der Waals surface area contributed by atoms with Crippen molar-refractivity contribution in [3.05, 3.63) is 23.7 Å². The summed E-state index contributed by atoms with van der Waals surface area (Å²) in [7, 11) is 0.